The molecule has 17 heavy (non-hydrogen) atoms. The summed E-state index contributed by atoms with van der Waals surface area (Å²) in [5.74, 6) is 0. The lowest BCUT2D eigenvalue weighted by Gasteiger charge is -2.11. The summed E-state index contributed by atoms with van der Waals surface area (Å²) in [6, 6.07) is 14.0. The van der Waals surface area contributed by atoms with Crippen molar-refractivity contribution in [2.24, 2.45) is 5.18 Å². The predicted octanol–water partition coefficient (Wildman–Crippen LogP) is 3.93. The van der Waals surface area contributed by atoms with Gasteiger partial charge in [0.25, 0.3) is 0 Å². The van der Waals surface area contributed by atoms with Crippen LogP contribution in [-0.4, -0.2) is 5.11 Å². The van der Waals surface area contributed by atoms with Gasteiger partial charge in [-0.2, -0.15) is 0 Å². The highest BCUT2D eigenvalue weighted by Gasteiger charge is 2.10. The van der Waals surface area contributed by atoms with Crippen LogP contribution in [0.2, 0.25) is 0 Å². The van der Waals surface area contributed by atoms with Gasteiger partial charge in [0.05, 0.1) is 0 Å². The molecule has 1 N–H and O–H groups in total. The maximum absolute atomic E-state index is 10.4. The molecular weight excluding hydrogens is 282 g/mol. The number of benzene rings is 2. The van der Waals surface area contributed by atoms with E-state index in [1.807, 2.05) is 24.3 Å². The minimum atomic E-state index is -0.746. The molecule has 0 amide bonds. The smallest absolute Gasteiger partial charge is 0.108 e. The summed E-state index contributed by atoms with van der Waals surface area (Å²) in [6.07, 6.45) is -0.746. The molecule has 1 atom stereocenters. The standard InChI is InChI=1S/C13H10BrNO2/c14-11-6-4-9(5-7-11)13(16)10-2-1-3-12(8-10)15-17/h1-8,13,16H. The molecule has 2 rings (SSSR count). The molecule has 0 aliphatic rings. The van der Waals surface area contributed by atoms with Crippen molar-refractivity contribution < 1.29 is 5.11 Å². The largest absolute Gasteiger partial charge is 0.384 e. The Balaban J connectivity index is 2.32. The molecule has 0 saturated heterocycles. The van der Waals surface area contributed by atoms with Crippen LogP contribution in [0.5, 0.6) is 0 Å². The summed E-state index contributed by atoms with van der Waals surface area (Å²) >= 11 is 3.34. The lowest BCUT2D eigenvalue weighted by atomic mass is 10.0. The van der Waals surface area contributed by atoms with Crippen LogP contribution in [0.25, 0.3) is 0 Å². The molecule has 0 aliphatic heterocycles. The fraction of sp³-hybridized carbons (Fsp3) is 0.0769. The van der Waals surface area contributed by atoms with Crippen molar-refractivity contribution in [3.05, 3.63) is 69.0 Å². The highest BCUT2D eigenvalue weighted by atomic mass is 79.9. The van der Waals surface area contributed by atoms with Gasteiger partial charge in [0.15, 0.2) is 0 Å². The molecule has 1 unspecified atom stereocenters. The number of rotatable bonds is 3. The fourth-order valence-corrected chi connectivity index (χ4v) is 1.85. The fourth-order valence-electron chi connectivity index (χ4n) is 1.59. The number of hydrogen-bond acceptors (Lipinski definition) is 3. The van der Waals surface area contributed by atoms with Crippen molar-refractivity contribution in [3.8, 4) is 0 Å². The van der Waals surface area contributed by atoms with Crippen LogP contribution in [0.1, 0.15) is 17.2 Å². The average Bonchev–Trinajstić information content (AvgIpc) is 2.39. The second-order valence-corrected chi connectivity index (χ2v) is 4.56. The number of nitrogens with zero attached hydrogens (tertiary/aromatic N) is 1. The van der Waals surface area contributed by atoms with E-state index in [9.17, 15) is 10.0 Å². The van der Waals surface area contributed by atoms with Crippen LogP contribution < -0.4 is 0 Å². The monoisotopic (exact) mass is 291 g/mol. The first-order valence-electron chi connectivity index (χ1n) is 5.07. The summed E-state index contributed by atoms with van der Waals surface area (Å²) in [6.45, 7) is 0. The normalized spacial score (nSPS) is 12.1. The van der Waals surface area contributed by atoms with E-state index in [1.54, 1.807) is 24.3 Å². The Bertz CT molecular complexity index is 525. The molecule has 0 spiro atoms. The molecule has 4 heteroatoms. The minimum absolute atomic E-state index is 0.318. The summed E-state index contributed by atoms with van der Waals surface area (Å²) in [5, 5.41) is 13.0. The quantitative estimate of drug-likeness (QED) is 0.871. The van der Waals surface area contributed by atoms with E-state index in [1.165, 1.54) is 0 Å². The lowest BCUT2D eigenvalue weighted by Crippen LogP contribution is -1.98. The third kappa shape index (κ3) is 2.78. The summed E-state index contributed by atoms with van der Waals surface area (Å²) in [4.78, 5) is 10.4. The van der Waals surface area contributed by atoms with Crippen molar-refractivity contribution in [3.63, 3.8) is 0 Å². The Kier molecular flexibility index (Phi) is 3.66. The second-order valence-electron chi connectivity index (χ2n) is 3.64. The van der Waals surface area contributed by atoms with Gasteiger partial charge in [-0.25, -0.2) is 0 Å². The van der Waals surface area contributed by atoms with Crippen molar-refractivity contribution >= 4 is 21.6 Å². The highest BCUT2D eigenvalue weighted by Crippen LogP contribution is 2.26. The number of hydrogen-bond donors (Lipinski definition) is 1. The van der Waals surface area contributed by atoms with E-state index < -0.39 is 6.10 Å². The Labute approximate surface area is 107 Å². The molecule has 2 aromatic rings. The van der Waals surface area contributed by atoms with Crippen molar-refractivity contribution in [1.82, 2.24) is 0 Å². The molecule has 0 radical (unpaired) electrons. The van der Waals surface area contributed by atoms with Crippen molar-refractivity contribution in [2.75, 3.05) is 0 Å². The molecular formula is C13H10BrNO2. The van der Waals surface area contributed by atoms with Gasteiger partial charge >= 0.3 is 0 Å². The molecule has 3 nitrogen and oxygen atoms in total. The van der Waals surface area contributed by atoms with Crippen LogP contribution in [0.4, 0.5) is 5.69 Å². The van der Waals surface area contributed by atoms with E-state index in [0.717, 1.165) is 10.0 Å². The number of aliphatic hydroxyl groups excluding tert-OH is 1. The van der Waals surface area contributed by atoms with Gasteiger partial charge in [-0.1, -0.05) is 40.2 Å². The van der Waals surface area contributed by atoms with Crippen molar-refractivity contribution in [2.45, 2.75) is 6.10 Å². The molecule has 0 aromatic heterocycles. The second kappa shape index (κ2) is 5.21. The van der Waals surface area contributed by atoms with Gasteiger partial charge < -0.3 is 5.11 Å². The maximum atomic E-state index is 10.4. The van der Waals surface area contributed by atoms with Crippen LogP contribution in [0, 0.1) is 4.91 Å². The van der Waals surface area contributed by atoms with Crippen molar-refractivity contribution in [1.29, 1.82) is 0 Å². The Morgan fingerprint density at radius 2 is 1.76 bits per heavy atom. The SMILES string of the molecule is O=Nc1cccc(C(O)c2ccc(Br)cc2)c1. The molecule has 0 aliphatic carbocycles. The Morgan fingerprint density at radius 3 is 2.41 bits per heavy atom. The first-order chi connectivity index (χ1) is 8.20. The van der Waals surface area contributed by atoms with E-state index in [2.05, 4.69) is 21.1 Å². The van der Waals surface area contributed by atoms with E-state index >= 15 is 0 Å². The number of halogens is 1. The summed E-state index contributed by atoms with van der Waals surface area (Å²) in [7, 11) is 0. The third-order valence-electron chi connectivity index (χ3n) is 2.48. The van der Waals surface area contributed by atoms with Gasteiger partial charge in [0, 0.05) is 4.47 Å². The Hall–Kier alpha value is -1.52. The van der Waals surface area contributed by atoms with Crippen LogP contribution in [0.3, 0.4) is 0 Å². The van der Waals surface area contributed by atoms with Gasteiger partial charge in [0.2, 0.25) is 0 Å². The molecule has 0 saturated carbocycles. The third-order valence-corrected chi connectivity index (χ3v) is 3.01. The first kappa shape index (κ1) is 12.0. The van der Waals surface area contributed by atoms with Crippen LogP contribution in [0.15, 0.2) is 58.2 Å². The Morgan fingerprint density at radius 1 is 1.06 bits per heavy atom. The van der Waals surface area contributed by atoms with Crippen LogP contribution >= 0.6 is 15.9 Å². The van der Waals surface area contributed by atoms with Gasteiger partial charge in [-0.15, -0.1) is 4.91 Å². The van der Waals surface area contributed by atoms with Crippen LogP contribution in [-0.2, 0) is 0 Å². The van der Waals surface area contributed by atoms with Gasteiger partial charge in [-0.3, -0.25) is 0 Å². The molecule has 0 heterocycles. The minimum Gasteiger partial charge on any atom is -0.384 e. The predicted molar refractivity (Wildman–Crippen MR) is 70.1 cm³/mol. The van der Waals surface area contributed by atoms with E-state index in [4.69, 9.17) is 0 Å². The topological polar surface area (TPSA) is 49.7 Å². The molecule has 0 bridgehead atoms. The van der Waals surface area contributed by atoms with E-state index in [0.29, 0.717) is 11.3 Å². The lowest BCUT2D eigenvalue weighted by molar-refractivity contribution is 0.220. The number of aliphatic hydroxyl groups is 1. The molecule has 2 aromatic carbocycles. The highest BCUT2D eigenvalue weighted by molar-refractivity contribution is 9.10. The summed E-state index contributed by atoms with van der Waals surface area (Å²) in [5.41, 5.74) is 1.75. The maximum Gasteiger partial charge on any atom is 0.108 e. The average molecular weight is 292 g/mol. The number of nitroso groups, excluding NO2 is 1. The molecule has 86 valence electrons. The van der Waals surface area contributed by atoms with Gasteiger partial charge in [0.1, 0.15) is 11.8 Å². The van der Waals surface area contributed by atoms with Gasteiger partial charge in [-0.05, 0) is 40.6 Å². The first-order valence-corrected chi connectivity index (χ1v) is 5.87. The summed E-state index contributed by atoms with van der Waals surface area (Å²) < 4.78 is 0.955. The zero-order valence-corrected chi connectivity index (χ0v) is 10.5. The zero-order valence-electron chi connectivity index (χ0n) is 8.88. The molecule has 0 fully saturated rings. The van der Waals surface area contributed by atoms with E-state index in [-0.39, 0.29) is 0 Å². The zero-order chi connectivity index (χ0) is 12.3.